The Labute approximate surface area is 201 Å². The van der Waals surface area contributed by atoms with Gasteiger partial charge in [0.2, 0.25) is 5.91 Å². The van der Waals surface area contributed by atoms with E-state index in [0.717, 1.165) is 49.9 Å². The van der Waals surface area contributed by atoms with Crippen molar-refractivity contribution < 1.29 is 18.7 Å². The van der Waals surface area contributed by atoms with Crippen molar-refractivity contribution in [3.8, 4) is 5.75 Å². The molecule has 0 aromatic heterocycles. The number of rotatable bonds is 6. The van der Waals surface area contributed by atoms with Crippen molar-refractivity contribution in [1.82, 2.24) is 9.80 Å². The number of piperazine rings is 1. The van der Waals surface area contributed by atoms with Gasteiger partial charge in [-0.1, -0.05) is 12.8 Å². The molecule has 2 aliphatic rings. The number of ether oxygens (including phenoxy) is 1. The van der Waals surface area contributed by atoms with E-state index in [9.17, 15) is 14.0 Å². The Morgan fingerprint density at radius 2 is 1.82 bits per heavy atom. The van der Waals surface area contributed by atoms with E-state index < -0.39 is 0 Å². The number of nitrogens with one attached hydrogen (secondary N) is 1. The number of carbonyl (C=O) groups is 2. The molecule has 1 saturated carbocycles. The minimum absolute atomic E-state index is 0.130. The number of amides is 2. The van der Waals surface area contributed by atoms with Gasteiger partial charge in [0.25, 0.3) is 5.91 Å². The summed E-state index contributed by atoms with van der Waals surface area (Å²) < 4.78 is 19.6. The van der Waals surface area contributed by atoms with Crippen LogP contribution >= 0.6 is 0 Å². The first-order chi connectivity index (χ1) is 16.4. The molecule has 1 heterocycles. The first kappa shape index (κ1) is 24.2. The molecular weight excluding hydrogens is 433 g/mol. The van der Waals surface area contributed by atoms with Crippen molar-refractivity contribution in [2.75, 3.05) is 32.1 Å². The lowest BCUT2D eigenvalue weighted by atomic mass is 10.0. The van der Waals surface area contributed by atoms with Crippen molar-refractivity contribution in [2.45, 2.75) is 52.1 Å². The highest BCUT2D eigenvalue weighted by Crippen LogP contribution is 2.29. The van der Waals surface area contributed by atoms with Crippen LogP contribution in [-0.4, -0.2) is 54.4 Å². The fourth-order valence-corrected chi connectivity index (χ4v) is 5.12. The summed E-state index contributed by atoms with van der Waals surface area (Å²) in [5.41, 5.74) is 2.63. The molecule has 34 heavy (non-hydrogen) atoms. The summed E-state index contributed by atoms with van der Waals surface area (Å²) in [7, 11) is 1.57. The average molecular weight is 468 g/mol. The summed E-state index contributed by atoms with van der Waals surface area (Å²) in [6.07, 6.45) is 4.33. The van der Waals surface area contributed by atoms with Gasteiger partial charge in [0, 0.05) is 49.4 Å². The van der Waals surface area contributed by atoms with E-state index in [0.29, 0.717) is 36.0 Å². The third-order valence-corrected chi connectivity index (χ3v) is 7.17. The molecule has 1 unspecified atom stereocenters. The number of anilines is 1. The predicted octanol–water partition coefficient (Wildman–Crippen LogP) is 4.62. The van der Waals surface area contributed by atoms with Gasteiger partial charge in [-0.2, -0.15) is 0 Å². The molecule has 182 valence electrons. The monoisotopic (exact) mass is 467 g/mol. The second-order valence-electron chi connectivity index (χ2n) is 9.52. The zero-order valence-electron chi connectivity index (χ0n) is 20.3. The van der Waals surface area contributed by atoms with E-state index in [4.69, 9.17) is 4.74 Å². The summed E-state index contributed by atoms with van der Waals surface area (Å²) >= 11 is 0. The maximum Gasteiger partial charge on any atom is 0.255 e. The maximum atomic E-state index is 14.5. The van der Waals surface area contributed by atoms with Crippen LogP contribution < -0.4 is 10.1 Å². The predicted molar refractivity (Wildman–Crippen MR) is 130 cm³/mol. The van der Waals surface area contributed by atoms with E-state index in [1.807, 2.05) is 11.8 Å². The highest BCUT2D eigenvalue weighted by atomic mass is 19.1. The number of carbonyl (C=O) groups excluding carboxylic acids is 2. The van der Waals surface area contributed by atoms with Crippen LogP contribution in [0.5, 0.6) is 5.75 Å². The van der Waals surface area contributed by atoms with Gasteiger partial charge in [0.15, 0.2) is 0 Å². The smallest absolute Gasteiger partial charge is 0.255 e. The summed E-state index contributed by atoms with van der Waals surface area (Å²) in [6.45, 7) is 6.78. The van der Waals surface area contributed by atoms with Gasteiger partial charge in [-0.15, -0.1) is 0 Å². The average Bonchev–Trinajstić information content (AvgIpc) is 3.37. The normalized spacial score (nSPS) is 19.3. The number of nitrogens with zero attached hydrogens (tertiary/aromatic N) is 2. The Balaban J connectivity index is 1.41. The number of halogens is 1. The third-order valence-electron chi connectivity index (χ3n) is 7.17. The minimum Gasteiger partial charge on any atom is -0.497 e. The van der Waals surface area contributed by atoms with Crippen LogP contribution in [0.4, 0.5) is 10.1 Å². The van der Waals surface area contributed by atoms with Gasteiger partial charge in [-0.25, -0.2) is 4.39 Å². The Bertz CT molecular complexity index is 1030. The molecule has 0 spiro atoms. The van der Waals surface area contributed by atoms with Gasteiger partial charge in [0.1, 0.15) is 11.6 Å². The van der Waals surface area contributed by atoms with Gasteiger partial charge < -0.3 is 15.0 Å². The van der Waals surface area contributed by atoms with E-state index in [1.165, 1.54) is 6.07 Å². The second kappa shape index (κ2) is 10.6. The molecule has 1 aliphatic heterocycles. The Hall–Kier alpha value is -2.93. The molecule has 2 fully saturated rings. The summed E-state index contributed by atoms with van der Waals surface area (Å²) in [6, 6.07) is 9.83. The Kier molecular flexibility index (Phi) is 7.51. The Morgan fingerprint density at radius 1 is 1.12 bits per heavy atom. The minimum atomic E-state index is -0.381. The largest absolute Gasteiger partial charge is 0.497 e. The lowest BCUT2D eigenvalue weighted by molar-refractivity contribution is -0.140. The number of methoxy groups -OCH3 is 1. The van der Waals surface area contributed by atoms with Crippen LogP contribution in [0.15, 0.2) is 36.4 Å². The summed E-state index contributed by atoms with van der Waals surface area (Å²) in [5, 5.41) is 2.85. The van der Waals surface area contributed by atoms with Crippen LogP contribution in [0, 0.1) is 18.7 Å². The van der Waals surface area contributed by atoms with E-state index in [1.54, 1.807) is 37.4 Å². The molecule has 1 aliphatic carbocycles. The van der Waals surface area contributed by atoms with Gasteiger partial charge in [-0.3, -0.25) is 14.5 Å². The Morgan fingerprint density at radius 3 is 2.47 bits per heavy atom. The van der Waals surface area contributed by atoms with Crippen molar-refractivity contribution in [3.63, 3.8) is 0 Å². The molecule has 6 nitrogen and oxygen atoms in total. The zero-order chi connectivity index (χ0) is 24.2. The fourth-order valence-electron chi connectivity index (χ4n) is 5.12. The van der Waals surface area contributed by atoms with Gasteiger partial charge >= 0.3 is 0 Å². The van der Waals surface area contributed by atoms with Gasteiger partial charge in [-0.05, 0) is 74.2 Å². The standard InChI is InChI=1S/C27H34FN3O3/c1-18-16-30(12-13-31(18)27(33)21-6-4-5-7-21)17-22-14-23(28)15-25(19(22)2)29-26(32)20-8-10-24(34-3)11-9-20/h8-11,14-15,18,21H,4-7,12-13,16-17H2,1-3H3,(H,29,32). The van der Waals surface area contributed by atoms with Crippen molar-refractivity contribution in [2.24, 2.45) is 5.92 Å². The molecule has 1 N–H and O–H groups in total. The van der Waals surface area contributed by atoms with Crippen molar-refractivity contribution in [1.29, 1.82) is 0 Å². The maximum absolute atomic E-state index is 14.5. The molecule has 0 bridgehead atoms. The number of hydrogen-bond acceptors (Lipinski definition) is 4. The highest BCUT2D eigenvalue weighted by Gasteiger charge is 2.33. The summed E-state index contributed by atoms with van der Waals surface area (Å²) in [5.74, 6) is 0.482. The quantitative estimate of drug-likeness (QED) is 0.674. The van der Waals surface area contributed by atoms with Crippen LogP contribution in [0.2, 0.25) is 0 Å². The van der Waals surface area contributed by atoms with Crippen LogP contribution in [0.1, 0.15) is 54.1 Å². The van der Waals surface area contributed by atoms with Crippen molar-refractivity contribution >= 4 is 17.5 Å². The lowest BCUT2D eigenvalue weighted by Gasteiger charge is -2.41. The fraction of sp³-hybridized carbons (Fsp3) is 0.481. The molecule has 4 rings (SSSR count). The first-order valence-electron chi connectivity index (χ1n) is 12.1. The van der Waals surface area contributed by atoms with Crippen LogP contribution in [0.25, 0.3) is 0 Å². The third kappa shape index (κ3) is 5.41. The van der Waals surface area contributed by atoms with Crippen LogP contribution in [-0.2, 0) is 11.3 Å². The molecular formula is C27H34FN3O3. The van der Waals surface area contributed by atoms with E-state index in [-0.39, 0.29) is 23.7 Å². The zero-order valence-corrected chi connectivity index (χ0v) is 20.3. The van der Waals surface area contributed by atoms with E-state index in [2.05, 4.69) is 17.1 Å². The molecule has 2 aromatic rings. The first-order valence-corrected chi connectivity index (χ1v) is 12.1. The number of benzene rings is 2. The van der Waals surface area contributed by atoms with E-state index >= 15 is 0 Å². The van der Waals surface area contributed by atoms with Crippen molar-refractivity contribution in [3.05, 3.63) is 58.9 Å². The molecule has 7 heteroatoms. The topological polar surface area (TPSA) is 61.9 Å². The summed E-state index contributed by atoms with van der Waals surface area (Å²) in [4.78, 5) is 29.9. The molecule has 2 aromatic carbocycles. The SMILES string of the molecule is COc1ccc(C(=O)Nc2cc(F)cc(CN3CCN(C(=O)C4CCCC4)C(C)C3)c2C)cc1. The molecule has 1 atom stereocenters. The lowest BCUT2D eigenvalue weighted by Crippen LogP contribution is -2.54. The second-order valence-corrected chi connectivity index (χ2v) is 9.52. The molecule has 2 amide bonds. The number of hydrogen-bond donors (Lipinski definition) is 1. The van der Waals surface area contributed by atoms with Gasteiger partial charge in [0.05, 0.1) is 7.11 Å². The van der Waals surface area contributed by atoms with Crippen LogP contribution in [0.3, 0.4) is 0 Å². The molecule has 1 saturated heterocycles. The molecule has 0 radical (unpaired) electrons. The highest BCUT2D eigenvalue weighted by molar-refractivity contribution is 6.04.